The van der Waals surface area contributed by atoms with Crippen LogP contribution < -0.4 is 10.1 Å². The molecule has 0 radical (unpaired) electrons. The first kappa shape index (κ1) is 14.3. The smallest absolute Gasteiger partial charge is 0.257 e. The Morgan fingerprint density at radius 3 is 3.00 bits per heavy atom. The van der Waals surface area contributed by atoms with E-state index < -0.39 is 0 Å². The third kappa shape index (κ3) is 4.64. The summed E-state index contributed by atoms with van der Waals surface area (Å²) >= 11 is 5.80. The number of unbranched alkanes of at least 4 members (excludes halogenated alkanes) is 1. The molecule has 0 heterocycles. The number of rotatable bonds is 6. The van der Waals surface area contributed by atoms with E-state index in [4.69, 9.17) is 21.6 Å². The molecule has 1 N–H and O–H groups in total. The Labute approximate surface area is 112 Å². The lowest BCUT2D eigenvalue weighted by Gasteiger charge is -2.08. The maximum absolute atomic E-state index is 11.4. The Hall–Kier alpha value is -1.73. The molecule has 96 valence electrons. The third-order valence-electron chi connectivity index (χ3n) is 2.28. The van der Waals surface area contributed by atoms with E-state index in [1.165, 1.54) is 6.07 Å². The van der Waals surface area contributed by atoms with E-state index in [1.54, 1.807) is 12.1 Å². The maximum atomic E-state index is 11.4. The summed E-state index contributed by atoms with van der Waals surface area (Å²) in [6.45, 7) is 2.58. The fourth-order valence-electron chi connectivity index (χ4n) is 1.31. The average Bonchev–Trinajstić information content (AvgIpc) is 2.37. The highest BCUT2D eigenvalue weighted by Crippen LogP contribution is 2.22. The molecule has 0 bridgehead atoms. The van der Waals surface area contributed by atoms with Crippen molar-refractivity contribution in [2.75, 3.05) is 13.2 Å². The third-order valence-corrected chi connectivity index (χ3v) is 2.51. The Bertz CT molecular complexity index is 455. The number of nitrogens with zero attached hydrogens (tertiary/aromatic N) is 1. The number of carbonyl (C=O) groups is 1. The highest BCUT2D eigenvalue weighted by atomic mass is 35.5. The van der Waals surface area contributed by atoms with Crippen LogP contribution in [0.15, 0.2) is 18.2 Å². The van der Waals surface area contributed by atoms with Crippen molar-refractivity contribution in [2.24, 2.45) is 0 Å². The van der Waals surface area contributed by atoms with Crippen molar-refractivity contribution in [3.05, 3.63) is 28.8 Å². The largest absolute Gasteiger partial charge is 0.482 e. The second-order valence-corrected chi connectivity index (χ2v) is 4.18. The minimum absolute atomic E-state index is 0.112. The monoisotopic (exact) mass is 266 g/mol. The molecular formula is C13H15ClN2O2. The van der Waals surface area contributed by atoms with Crippen molar-refractivity contribution < 1.29 is 9.53 Å². The van der Waals surface area contributed by atoms with Crippen LogP contribution in [0.2, 0.25) is 5.02 Å². The lowest BCUT2D eigenvalue weighted by Crippen LogP contribution is -2.29. The van der Waals surface area contributed by atoms with Crippen LogP contribution in [0.4, 0.5) is 0 Å². The zero-order valence-electron chi connectivity index (χ0n) is 10.2. The summed E-state index contributed by atoms with van der Waals surface area (Å²) in [6.07, 6.45) is 1.96. The van der Waals surface area contributed by atoms with Crippen LogP contribution in [0.5, 0.6) is 5.75 Å². The van der Waals surface area contributed by atoms with E-state index in [2.05, 4.69) is 5.32 Å². The lowest BCUT2D eigenvalue weighted by atomic mass is 10.2. The van der Waals surface area contributed by atoms with E-state index in [0.717, 1.165) is 12.8 Å². The van der Waals surface area contributed by atoms with Crippen molar-refractivity contribution in [2.45, 2.75) is 19.8 Å². The van der Waals surface area contributed by atoms with Crippen LogP contribution in [0.3, 0.4) is 0 Å². The van der Waals surface area contributed by atoms with Crippen LogP contribution >= 0.6 is 11.6 Å². The lowest BCUT2D eigenvalue weighted by molar-refractivity contribution is -0.123. The second-order valence-electron chi connectivity index (χ2n) is 3.74. The van der Waals surface area contributed by atoms with Gasteiger partial charge in [-0.2, -0.15) is 5.26 Å². The topological polar surface area (TPSA) is 62.1 Å². The van der Waals surface area contributed by atoms with Crippen LogP contribution in [0, 0.1) is 11.3 Å². The van der Waals surface area contributed by atoms with Gasteiger partial charge in [0.15, 0.2) is 6.61 Å². The molecule has 1 amide bonds. The Kier molecular flexibility index (Phi) is 6.03. The molecule has 0 spiro atoms. The number of halogens is 1. The number of amides is 1. The van der Waals surface area contributed by atoms with Crippen molar-refractivity contribution in [1.82, 2.24) is 5.32 Å². The van der Waals surface area contributed by atoms with Crippen LogP contribution in [-0.4, -0.2) is 19.1 Å². The van der Waals surface area contributed by atoms with Gasteiger partial charge in [-0.1, -0.05) is 24.9 Å². The number of nitrogens with one attached hydrogen (secondary N) is 1. The predicted molar refractivity (Wildman–Crippen MR) is 69.6 cm³/mol. The van der Waals surface area contributed by atoms with Crippen LogP contribution in [0.25, 0.3) is 0 Å². The summed E-state index contributed by atoms with van der Waals surface area (Å²) in [5.41, 5.74) is 0.362. The predicted octanol–water partition coefficient (Wildman–Crippen LogP) is 2.51. The molecule has 0 aliphatic carbocycles. The zero-order valence-corrected chi connectivity index (χ0v) is 11.0. The summed E-state index contributed by atoms with van der Waals surface area (Å²) in [5.74, 6) is 0.128. The van der Waals surface area contributed by atoms with Crippen molar-refractivity contribution >= 4 is 17.5 Å². The minimum atomic E-state index is -0.202. The Morgan fingerprint density at radius 1 is 1.56 bits per heavy atom. The maximum Gasteiger partial charge on any atom is 0.257 e. The minimum Gasteiger partial charge on any atom is -0.482 e. The van der Waals surface area contributed by atoms with Gasteiger partial charge < -0.3 is 10.1 Å². The number of hydrogen-bond donors (Lipinski definition) is 1. The first-order valence-corrected chi connectivity index (χ1v) is 6.14. The summed E-state index contributed by atoms with van der Waals surface area (Å²) in [6, 6.07) is 6.68. The van der Waals surface area contributed by atoms with Gasteiger partial charge in [0, 0.05) is 17.6 Å². The second kappa shape index (κ2) is 7.57. The number of hydrogen-bond acceptors (Lipinski definition) is 3. The van der Waals surface area contributed by atoms with Gasteiger partial charge in [-0.3, -0.25) is 4.79 Å². The number of benzene rings is 1. The molecule has 0 fully saturated rings. The van der Waals surface area contributed by atoms with E-state index >= 15 is 0 Å². The molecule has 0 atom stereocenters. The molecule has 1 aromatic carbocycles. The molecule has 0 aliphatic rings. The normalized spacial score (nSPS) is 9.61. The molecule has 1 rings (SSSR count). The van der Waals surface area contributed by atoms with E-state index in [1.807, 2.05) is 13.0 Å². The standard InChI is InChI=1S/C13H15ClN2O2/c1-2-3-6-16-13(17)9-18-12-7-11(14)5-4-10(12)8-15/h4-5,7H,2-3,6,9H2,1H3,(H,16,17). The molecule has 0 unspecified atom stereocenters. The van der Waals surface area contributed by atoms with Crippen LogP contribution in [-0.2, 0) is 4.79 Å². The van der Waals surface area contributed by atoms with E-state index in [-0.39, 0.29) is 12.5 Å². The number of carbonyl (C=O) groups excluding carboxylic acids is 1. The van der Waals surface area contributed by atoms with Gasteiger partial charge in [-0.25, -0.2) is 0 Å². The number of ether oxygens (including phenoxy) is 1. The molecule has 18 heavy (non-hydrogen) atoms. The molecule has 0 saturated carbocycles. The van der Waals surface area contributed by atoms with Crippen molar-refractivity contribution in [3.63, 3.8) is 0 Å². The van der Waals surface area contributed by atoms with Gasteiger partial charge >= 0.3 is 0 Å². The van der Waals surface area contributed by atoms with E-state index in [0.29, 0.717) is 22.9 Å². The molecule has 0 saturated heterocycles. The molecule has 5 heteroatoms. The quantitative estimate of drug-likeness (QED) is 0.805. The van der Waals surface area contributed by atoms with Gasteiger partial charge in [0.05, 0.1) is 5.56 Å². The van der Waals surface area contributed by atoms with Gasteiger partial charge in [0.2, 0.25) is 0 Å². The zero-order chi connectivity index (χ0) is 13.4. The first-order chi connectivity index (χ1) is 8.67. The fourth-order valence-corrected chi connectivity index (χ4v) is 1.47. The highest BCUT2D eigenvalue weighted by molar-refractivity contribution is 6.30. The Morgan fingerprint density at radius 2 is 2.33 bits per heavy atom. The fraction of sp³-hybridized carbons (Fsp3) is 0.385. The summed E-state index contributed by atoms with van der Waals surface area (Å²) in [7, 11) is 0. The summed E-state index contributed by atoms with van der Waals surface area (Å²) in [5, 5.41) is 12.1. The molecule has 0 aromatic heterocycles. The van der Waals surface area contributed by atoms with Gasteiger partial charge in [0.25, 0.3) is 5.91 Å². The molecule has 1 aromatic rings. The highest BCUT2D eigenvalue weighted by Gasteiger charge is 2.07. The Balaban J connectivity index is 2.50. The van der Waals surface area contributed by atoms with Crippen molar-refractivity contribution in [1.29, 1.82) is 5.26 Å². The van der Waals surface area contributed by atoms with Gasteiger partial charge in [0.1, 0.15) is 11.8 Å². The first-order valence-electron chi connectivity index (χ1n) is 5.76. The van der Waals surface area contributed by atoms with Gasteiger partial charge in [-0.05, 0) is 18.6 Å². The molecule has 0 aliphatic heterocycles. The van der Waals surface area contributed by atoms with Crippen molar-refractivity contribution in [3.8, 4) is 11.8 Å². The molecular weight excluding hydrogens is 252 g/mol. The van der Waals surface area contributed by atoms with E-state index in [9.17, 15) is 4.79 Å². The SMILES string of the molecule is CCCCNC(=O)COc1cc(Cl)ccc1C#N. The van der Waals surface area contributed by atoms with Crippen LogP contribution in [0.1, 0.15) is 25.3 Å². The van der Waals surface area contributed by atoms with Gasteiger partial charge in [-0.15, -0.1) is 0 Å². The summed E-state index contributed by atoms with van der Waals surface area (Å²) < 4.78 is 5.28. The average molecular weight is 267 g/mol. The summed E-state index contributed by atoms with van der Waals surface area (Å²) in [4.78, 5) is 11.4. The molecule has 4 nitrogen and oxygen atoms in total. The number of nitriles is 1.